The molecule has 16 heavy (non-hydrogen) atoms. The molecule has 0 saturated heterocycles. The average molecular weight is 253 g/mol. The molecule has 0 saturated carbocycles. The molecular formula is C9H23N3O3S. The van der Waals surface area contributed by atoms with Crippen molar-refractivity contribution in [2.24, 2.45) is 5.73 Å². The average Bonchev–Trinajstić information content (AvgIpc) is 2.24. The molecular weight excluding hydrogens is 230 g/mol. The van der Waals surface area contributed by atoms with Crippen LogP contribution in [0.15, 0.2) is 0 Å². The lowest BCUT2D eigenvalue weighted by molar-refractivity contribution is 0.162. The van der Waals surface area contributed by atoms with Crippen molar-refractivity contribution in [3.8, 4) is 0 Å². The predicted molar refractivity (Wildman–Crippen MR) is 64.8 cm³/mol. The SMILES string of the molecule is COCCN(C)CCNS(=O)(=O)C(C)CN. The van der Waals surface area contributed by atoms with E-state index in [-0.39, 0.29) is 6.54 Å². The van der Waals surface area contributed by atoms with Crippen LogP contribution in [0.2, 0.25) is 0 Å². The van der Waals surface area contributed by atoms with E-state index in [4.69, 9.17) is 10.5 Å². The lowest BCUT2D eigenvalue weighted by Crippen LogP contribution is -2.40. The van der Waals surface area contributed by atoms with Crippen molar-refractivity contribution in [3.63, 3.8) is 0 Å². The second-order valence-corrected chi connectivity index (χ2v) is 5.97. The summed E-state index contributed by atoms with van der Waals surface area (Å²) in [4.78, 5) is 2.00. The Kier molecular flexibility index (Phi) is 7.86. The Morgan fingerprint density at radius 3 is 2.56 bits per heavy atom. The van der Waals surface area contributed by atoms with Gasteiger partial charge in [0.1, 0.15) is 0 Å². The Balaban J connectivity index is 3.81. The summed E-state index contributed by atoms with van der Waals surface area (Å²) < 4.78 is 30.5. The number of hydrogen-bond donors (Lipinski definition) is 2. The molecule has 0 bridgehead atoms. The van der Waals surface area contributed by atoms with Gasteiger partial charge in [0, 0.05) is 33.3 Å². The number of methoxy groups -OCH3 is 1. The molecule has 98 valence electrons. The molecule has 0 aliphatic heterocycles. The molecule has 0 aromatic heterocycles. The van der Waals surface area contributed by atoms with Gasteiger partial charge < -0.3 is 15.4 Å². The first-order valence-electron chi connectivity index (χ1n) is 5.30. The van der Waals surface area contributed by atoms with Crippen LogP contribution in [0.25, 0.3) is 0 Å². The normalized spacial score (nSPS) is 14.3. The van der Waals surface area contributed by atoms with E-state index in [1.54, 1.807) is 14.0 Å². The van der Waals surface area contributed by atoms with Crippen LogP contribution in [0, 0.1) is 0 Å². The third kappa shape index (κ3) is 6.39. The number of nitrogens with two attached hydrogens (primary N) is 1. The zero-order valence-electron chi connectivity index (χ0n) is 10.3. The third-order valence-corrected chi connectivity index (χ3v) is 4.19. The van der Waals surface area contributed by atoms with Crippen molar-refractivity contribution >= 4 is 10.0 Å². The van der Waals surface area contributed by atoms with E-state index >= 15 is 0 Å². The molecule has 3 N–H and O–H groups in total. The maximum atomic E-state index is 11.5. The van der Waals surface area contributed by atoms with Crippen molar-refractivity contribution in [1.82, 2.24) is 9.62 Å². The first-order chi connectivity index (χ1) is 7.44. The lowest BCUT2D eigenvalue weighted by atomic mass is 10.5. The second-order valence-electron chi connectivity index (χ2n) is 3.78. The van der Waals surface area contributed by atoms with Crippen LogP contribution in [0.3, 0.4) is 0 Å². The smallest absolute Gasteiger partial charge is 0.215 e. The minimum atomic E-state index is -3.26. The quantitative estimate of drug-likeness (QED) is 0.541. The molecule has 0 aliphatic rings. The molecule has 6 nitrogen and oxygen atoms in total. The summed E-state index contributed by atoms with van der Waals surface area (Å²) in [6.45, 7) is 4.20. The Morgan fingerprint density at radius 2 is 2.06 bits per heavy atom. The van der Waals surface area contributed by atoms with Gasteiger partial charge in [-0.05, 0) is 14.0 Å². The summed E-state index contributed by atoms with van der Waals surface area (Å²) in [6, 6.07) is 0. The van der Waals surface area contributed by atoms with Gasteiger partial charge in [-0.15, -0.1) is 0 Å². The van der Waals surface area contributed by atoms with E-state index in [1.807, 2.05) is 11.9 Å². The topological polar surface area (TPSA) is 84.7 Å². The number of nitrogens with zero attached hydrogens (tertiary/aromatic N) is 1. The molecule has 0 spiro atoms. The van der Waals surface area contributed by atoms with E-state index in [0.717, 1.165) is 6.54 Å². The molecule has 1 atom stereocenters. The van der Waals surface area contributed by atoms with Crippen molar-refractivity contribution in [3.05, 3.63) is 0 Å². The minimum absolute atomic E-state index is 0.134. The molecule has 0 aromatic carbocycles. The molecule has 0 aliphatic carbocycles. The monoisotopic (exact) mass is 253 g/mol. The molecule has 1 unspecified atom stereocenters. The highest BCUT2D eigenvalue weighted by molar-refractivity contribution is 7.90. The lowest BCUT2D eigenvalue weighted by Gasteiger charge is -2.17. The van der Waals surface area contributed by atoms with Crippen LogP contribution in [0.5, 0.6) is 0 Å². The number of rotatable bonds is 9. The van der Waals surface area contributed by atoms with Crippen LogP contribution in [0.4, 0.5) is 0 Å². The number of nitrogens with one attached hydrogen (secondary N) is 1. The highest BCUT2D eigenvalue weighted by Gasteiger charge is 2.17. The van der Waals surface area contributed by atoms with Crippen LogP contribution in [0.1, 0.15) is 6.92 Å². The van der Waals surface area contributed by atoms with Crippen molar-refractivity contribution < 1.29 is 13.2 Å². The van der Waals surface area contributed by atoms with Gasteiger partial charge in [-0.1, -0.05) is 0 Å². The fourth-order valence-corrected chi connectivity index (χ4v) is 1.92. The number of likely N-dealkylation sites (N-methyl/N-ethyl adjacent to an activating group) is 1. The highest BCUT2D eigenvalue weighted by atomic mass is 32.2. The minimum Gasteiger partial charge on any atom is -0.383 e. The largest absolute Gasteiger partial charge is 0.383 e. The van der Waals surface area contributed by atoms with E-state index < -0.39 is 15.3 Å². The van der Waals surface area contributed by atoms with E-state index in [9.17, 15) is 8.42 Å². The first-order valence-corrected chi connectivity index (χ1v) is 6.84. The predicted octanol–water partition coefficient (Wildman–Crippen LogP) is -1.17. The van der Waals surface area contributed by atoms with Gasteiger partial charge >= 0.3 is 0 Å². The molecule has 7 heteroatoms. The fraction of sp³-hybridized carbons (Fsp3) is 1.00. The summed E-state index contributed by atoms with van der Waals surface area (Å²) in [5.41, 5.74) is 5.31. The van der Waals surface area contributed by atoms with Gasteiger partial charge in [-0.3, -0.25) is 0 Å². The summed E-state index contributed by atoms with van der Waals surface area (Å²) >= 11 is 0. The molecule has 0 heterocycles. The molecule has 0 fully saturated rings. The first kappa shape index (κ1) is 15.8. The van der Waals surface area contributed by atoms with Crippen LogP contribution in [-0.2, 0) is 14.8 Å². The van der Waals surface area contributed by atoms with Gasteiger partial charge in [0.15, 0.2) is 0 Å². The highest BCUT2D eigenvalue weighted by Crippen LogP contribution is 1.94. The van der Waals surface area contributed by atoms with Crippen LogP contribution >= 0.6 is 0 Å². The van der Waals surface area contributed by atoms with Gasteiger partial charge in [0.05, 0.1) is 11.9 Å². The van der Waals surface area contributed by atoms with Gasteiger partial charge in [-0.25, -0.2) is 13.1 Å². The van der Waals surface area contributed by atoms with Crippen molar-refractivity contribution in [1.29, 1.82) is 0 Å². The zero-order chi connectivity index (χ0) is 12.6. The summed E-state index contributed by atoms with van der Waals surface area (Å²) in [5.74, 6) is 0. The Bertz CT molecular complexity index is 269. The van der Waals surface area contributed by atoms with Gasteiger partial charge in [-0.2, -0.15) is 0 Å². The summed E-state index contributed by atoms with van der Waals surface area (Å²) in [6.07, 6.45) is 0. The van der Waals surface area contributed by atoms with E-state index in [1.165, 1.54) is 0 Å². The summed E-state index contributed by atoms with van der Waals surface area (Å²) in [7, 11) is 0.295. The Hall–Kier alpha value is -0.210. The Labute approximate surface area is 98.2 Å². The van der Waals surface area contributed by atoms with Crippen LogP contribution in [-0.4, -0.2) is 65.5 Å². The number of hydrogen-bond acceptors (Lipinski definition) is 5. The molecule has 0 amide bonds. The maximum absolute atomic E-state index is 11.5. The maximum Gasteiger partial charge on any atom is 0.215 e. The van der Waals surface area contributed by atoms with E-state index in [0.29, 0.717) is 19.7 Å². The van der Waals surface area contributed by atoms with Crippen LogP contribution < -0.4 is 10.5 Å². The zero-order valence-corrected chi connectivity index (χ0v) is 11.1. The summed E-state index contributed by atoms with van der Waals surface area (Å²) in [5, 5.41) is -0.545. The standard InChI is InChI=1S/C9H23N3O3S/c1-9(8-10)16(13,14)11-4-5-12(2)6-7-15-3/h9,11H,4-8,10H2,1-3H3. The Morgan fingerprint density at radius 1 is 1.44 bits per heavy atom. The number of ether oxygens (including phenoxy) is 1. The van der Waals surface area contributed by atoms with E-state index in [2.05, 4.69) is 4.72 Å². The molecule has 0 radical (unpaired) electrons. The van der Waals surface area contributed by atoms with Gasteiger partial charge in [0.2, 0.25) is 10.0 Å². The van der Waals surface area contributed by atoms with Crippen molar-refractivity contribution in [2.75, 3.05) is 46.9 Å². The van der Waals surface area contributed by atoms with Gasteiger partial charge in [0.25, 0.3) is 0 Å². The van der Waals surface area contributed by atoms with Crippen molar-refractivity contribution in [2.45, 2.75) is 12.2 Å². The second kappa shape index (κ2) is 7.97. The molecule has 0 aromatic rings. The third-order valence-electron chi connectivity index (χ3n) is 2.34. The number of sulfonamides is 1. The fourth-order valence-electron chi connectivity index (χ4n) is 1.01. The molecule has 0 rings (SSSR count).